The first kappa shape index (κ1) is 35.3. The lowest BCUT2D eigenvalue weighted by atomic mass is 10.1. The fourth-order valence-corrected chi connectivity index (χ4v) is 2.56. The molecule has 1 aromatic heterocycles. The molecule has 202 valence electrons. The first-order valence-corrected chi connectivity index (χ1v) is 12.8. The molecule has 37 heavy (non-hydrogen) atoms. The lowest BCUT2D eigenvalue weighted by molar-refractivity contribution is -0.113. The van der Waals surface area contributed by atoms with E-state index >= 15 is 0 Å². The first-order valence-electron chi connectivity index (χ1n) is 12.8. The van der Waals surface area contributed by atoms with Gasteiger partial charge in [0.1, 0.15) is 0 Å². The third kappa shape index (κ3) is 13.1. The van der Waals surface area contributed by atoms with E-state index < -0.39 is 0 Å². The molecule has 1 heterocycles. The number of nitrogens with one attached hydrogen (secondary N) is 1. The summed E-state index contributed by atoms with van der Waals surface area (Å²) in [5.41, 5.74) is 9.31. The number of Topliss-reactive ketones (excluding diaryl/α,β-unsaturated/α-hetero) is 2. The van der Waals surface area contributed by atoms with Crippen molar-refractivity contribution in [1.82, 2.24) is 9.97 Å². The predicted octanol–water partition coefficient (Wildman–Crippen LogP) is 7.68. The van der Waals surface area contributed by atoms with E-state index in [1.807, 2.05) is 61.5 Å². The molecule has 3 N–H and O–H groups in total. The molecule has 0 saturated heterocycles. The van der Waals surface area contributed by atoms with Crippen LogP contribution in [-0.4, -0.2) is 27.4 Å². The van der Waals surface area contributed by atoms with E-state index in [0.29, 0.717) is 33.7 Å². The highest BCUT2D eigenvalue weighted by molar-refractivity contribution is 6.04. The van der Waals surface area contributed by atoms with Crippen LogP contribution in [-0.2, 0) is 4.79 Å². The van der Waals surface area contributed by atoms with Gasteiger partial charge >= 0.3 is 0 Å². The van der Waals surface area contributed by atoms with Crippen molar-refractivity contribution in [2.24, 2.45) is 0 Å². The summed E-state index contributed by atoms with van der Waals surface area (Å²) in [7, 11) is 0. The maximum atomic E-state index is 12.1. The molecular weight excluding hydrogens is 464 g/mol. The molecule has 0 aliphatic rings. The Hall–Kier alpha value is -3.87. The number of hydrogen-bond acceptors (Lipinski definition) is 6. The number of carbonyl (C=O) groups excluding carboxylic acids is 3. The molecule has 0 aliphatic heterocycles. The van der Waals surface area contributed by atoms with Gasteiger partial charge in [0.05, 0.1) is 17.2 Å². The summed E-state index contributed by atoms with van der Waals surface area (Å²) >= 11 is 0. The van der Waals surface area contributed by atoms with E-state index in [4.69, 9.17) is 5.73 Å². The van der Waals surface area contributed by atoms with Crippen molar-refractivity contribution in [3.63, 3.8) is 0 Å². The Kier molecular flexibility index (Phi) is 19.4. The van der Waals surface area contributed by atoms with Crippen molar-refractivity contribution in [3.05, 3.63) is 71.4 Å². The Morgan fingerprint density at radius 3 is 1.84 bits per heavy atom. The van der Waals surface area contributed by atoms with Gasteiger partial charge in [-0.2, -0.15) is 0 Å². The highest BCUT2D eigenvalue weighted by atomic mass is 16.2. The molecule has 7 heteroatoms. The minimum Gasteiger partial charge on any atom is -0.399 e. The second-order valence-electron chi connectivity index (χ2n) is 6.94. The summed E-state index contributed by atoms with van der Waals surface area (Å²) < 4.78 is 0. The number of fused-ring (bicyclic) bond motifs is 1. The smallest absolute Gasteiger partial charge is 0.256 e. The van der Waals surface area contributed by atoms with Crippen molar-refractivity contribution in [1.29, 1.82) is 0 Å². The van der Waals surface area contributed by atoms with Crippen molar-refractivity contribution in [2.75, 3.05) is 11.1 Å². The van der Waals surface area contributed by atoms with Gasteiger partial charge in [-0.05, 0) is 75.2 Å². The lowest BCUT2D eigenvalue weighted by Gasteiger charge is -2.06. The Labute approximate surface area is 222 Å². The average Bonchev–Trinajstić information content (AvgIpc) is 2.92. The quantitative estimate of drug-likeness (QED) is 0.207. The summed E-state index contributed by atoms with van der Waals surface area (Å²) in [4.78, 5) is 42.5. The molecule has 0 saturated carbocycles. The highest BCUT2D eigenvalue weighted by Crippen LogP contribution is 2.15. The number of rotatable bonds is 5. The number of amides is 1. The van der Waals surface area contributed by atoms with Crippen LogP contribution in [0, 0.1) is 0 Å². The third-order valence-electron chi connectivity index (χ3n) is 4.43. The van der Waals surface area contributed by atoms with Crippen LogP contribution in [0.5, 0.6) is 0 Å². The number of nitrogens with zero attached hydrogens (tertiary/aromatic N) is 2. The molecule has 7 nitrogen and oxygen atoms in total. The summed E-state index contributed by atoms with van der Waals surface area (Å²) in [6.45, 7) is 18.9. The van der Waals surface area contributed by atoms with Crippen molar-refractivity contribution < 1.29 is 14.4 Å². The van der Waals surface area contributed by atoms with Gasteiger partial charge in [-0.3, -0.25) is 19.4 Å². The molecule has 0 bridgehead atoms. The van der Waals surface area contributed by atoms with Gasteiger partial charge in [-0.15, -0.1) is 0 Å². The van der Waals surface area contributed by atoms with Gasteiger partial charge in [0, 0.05) is 16.8 Å². The molecule has 0 spiro atoms. The summed E-state index contributed by atoms with van der Waals surface area (Å²) in [6.07, 6.45) is 4.34. The average molecular weight is 509 g/mol. The zero-order valence-corrected chi connectivity index (χ0v) is 24.1. The Morgan fingerprint density at radius 1 is 0.838 bits per heavy atom. The molecule has 1 amide bonds. The zero-order chi connectivity index (χ0) is 29.0. The molecule has 3 aromatic rings. The number of nitrogens with two attached hydrogens (primary N) is 1. The van der Waals surface area contributed by atoms with E-state index in [1.54, 1.807) is 49.4 Å². The number of benzene rings is 2. The molecule has 0 fully saturated rings. The van der Waals surface area contributed by atoms with E-state index in [9.17, 15) is 14.4 Å². The van der Waals surface area contributed by atoms with Crippen molar-refractivity contribution in [2.45, 2.75) is 75.7 Å². The lowest BCUT2D eigenvalue weighted by Crippen LogP contribution is -2.13. The van der Waals surface area contributed by atoms with Gasteiger partial charge in [-0.1, -0.05) is 54.5 Å². The van der Waals surface area contributed by atoms with E-state index in [2.05, 4.69) is 15.3 Å². The van der Waals surface area contributed by atoms with Gasteiger partial charge < -0.3 is 11.1 Å². The third-order valence-corrected chi connectivity index (χ3v) is 4.43. The maximum absolute atomic E-state index is 12.1. The molecule has 0 atom stereocenters. The molecule has 0 aliphatic carbocycles. The second-order valence-corrected chi connectivity index (χ2v) is 6.94. The van der Waals surface area contributed by atoms with E-state index in [0.717, 1.165) is 12.0 Å². The fraction of sp³-hybridized carbons (Fsp3) is 0.367. The topological polar surface area (TPSA) is 115 Å². The number of carbonyl (C=O) groups is 3. The number of nitrogen functional groups attached to an aromatic ring is 1. The predicted molar refractivity (Wildman–Crippen MR) is 157 cm³/mol. The summed E-state index contributed by atoms with van der Waals surface area (Å²) in [6, 6.07) is 11.7. The van der Waals surface area contributed by atoms with Crippen LogP contribution in [0.25, 0.3) is 11.0 Å². The van der Waals surface area contributed by atoms with Gasteiger partial charge in [0.25, 0.3) is 5.91 Å². The van der Waals surface area contributed by atoms with Crippen LogP contribution in [0.2, 0.25) is 0 Å². The Balaban J connectivity index is 0. The maximum Gasteiger partial charge on any atom is 0.256 e. The summed E-state index contributed by atoms with van der Waals surface area (Å²) in [5, 5.41) is 2.69. The Morgan fingerprint density at radius 2 is 1.38 bits per heavy atom. The molecule has 3 rings (SSSR count). The summed E-state index contributed by atoms with van der Waals surface area (Å²) in [5.74, 6) is 0.190. The van der Waals surface area contributed by atoms with E-state index in [1.165, 1.54) is 13.1 Å². The Bertz CT molecular complexity index is 1140. The van der Waals surface area contributed by atoms with Crippen molar-refractivity contribution in [3.8, 4) is 0 Å². The number of anilines is 2. The minimum absolute atomic E-state index is 0.0329. The number of aromatic nitrogens is 2. The number of hydrogen-bond donors (Lipinski definition) is 2. The van der Waals surface area contributed by atoms with E-state index in [-0.39, 0.29) is 17.5 Å². The van der Waals surface area contributed by atoms with Crippen LogP contribution in [0.15, 0.2) is 60.3 Å². The molecular formula is C30H44N4O3. The van der Waals surface area contributed by atoms with Gasteiger partial charge in [-0.25, -0.2) is 4.98 Å². The van der Waals surface area contributed by atoms with Gasteiger partial charge in [0.2, 0.25) is 0 Å². The normalized spacial score (nSPS) is 9.51. The monoisotopic (exact) mass is 508 g/mol. The SMILES string of the molecule is CC.CC.CC.CC(=O)c1ccc2nc(NC(=O)c3ccc(N)cc3)cnc2c1.CC/C=C(\C)C(C)=O. The molecule has 2 aromatic carbocycles. The second kappa shape index (κ2) is 20.3. The number of allylic oxidation sites excluding steroid dienone is 2. The van der Waals surface area contributed by atoms with Crippen LogP contribution in [0.3, 0.4) is 0 Å². The molecule has 0 unspecified atom stereocenters. The van der Waals surface area contributed by atoms with Crippen LogP contribution in [0.1, 0.15) is 96.4 Å². The number of ketones is 2. The molecule has 0 radical (unpaired) electrons. The minimum atomic E-state index is -0.293. The first-order chi connectivity index (χ1) is 17.7. The zero-order valence-electron chi connectivity index (χ0n) is 24.1. The van der Waals surface area contributed by atoms with Crippen LogP contribution < -0.4 is 11.1 Å². The van der Waals surface area contributed by atoms with Crippen LogP contribution in [0.4, 0.5) is 11.5 Å². The fourth-order valence-electron chi connectivity index (χ4n) is 2.56. The largest absolute Gasteiger partial charge is 0.399 e. The standard InChI is InChI=1S/C17H14N4O2.C7H12O.3C2H6/c1-10(22)12-4-7-14-15(8-12)19-9-16(20-14)21-17(23)11-2-5-13(18)6-3-11;1-4-5-6(2)7(3)8;3*1-2/h2-9H,18H2,1H3,(H,20,21,23);5H,4H2,1-3H3;3*1-2H3/b;6-5+;;;. The van der Waals surface area contributed by atoms with Gasteiger partial charge in [0.15, 0.2) is 17.4 Å². The van der Waals surface area contributed by atoms with Crippen molar-refractivity contribution >= 4 is 40.0 Å². The van der Waals surface area contributed by atoms with Crippen LogP contribution >= 0.6 is 0 Å². The highest BCUT2D eigenvalue weighted by Gasteiger charge is 2.09.